The average molecular weight is 238 g/mol. The molecular formula is C16H18N2. The molecule has 0 radical (unpaired) electrons. The number of likely N-dealkylation sites (N-methyl/N-ethyl adjacent to an activating group) is 1. The first-order valence-corrected chi connectivity index (χ1v) is 6.42. The molecule has 2 aromatic carbocycles. The van der Waals surface area contributed by atoms with Gasteiger partial charge in [-0.2, -0.15) is 0 Å². The molecule has 0 spiro atoms. The Labute approximate surface area is 108 Å². The Morgan fingerprint density at radius 1 is 1.00 bits per heavy atom. The van der Waals surface area contributed by atoms with Crippen LogP contribution in [-0.2, 0) is 6.54 Å². The lowest BCUT2D eigenvalue weighted by molar-refractivity contribution is 0.535. The maximum absolute atomic E-state index is 3.50. The van der Waals surface area contributed by atoms with E-state index in [2.05, 4.69) is 71.9 Å². The van der Waals surface area contributed by atoms with Crippen LogP contribution in [0.3, 0.4) is 0 Å². The molecule has 2 nitrogen and oxygen atoms in total. The fraction of sp³-hybridized carbons (Fsp3) is 0.250. The monoisotopic (exact) mass is 238 g/mol. The molecule has 1 atom stereocenters. The van der Waals surface area contributed by atoms with Crippen LogP contribution in [0.2, 0.25) is 0 Å². The van der Waals surface area contributed by atoms with Crippen molar-refractivity contribution in [1.29, 1.82) is 0 Å². The van der Waals surface area contributed by atoms with Gasteiger partial charge in [-0.25, -0.2) is 0 Å². The van der Waals surface area contributed by atoms with Crippen LogP contribution in [0, 0.1) is 0 Å². The average Bonchev–Trinajstić information content (AvgIpc) is 2.47. The zero-order chi connectivity index (χ0) is 12.4. The third kappa shape index (κ3) is 2.00. The van der Waals surface area contributed by atoms with Crippen molar-refractivity contribution in [2.75, 3.05) is 18.5 Å². The minimum absolute atomic E-state index is 0.414. The smallest absolute Gasteiger partial charge is 0.0666 e. The fourth-order valence-corrected chi connectivity index (χ4v) is 2.66. The second-order valence-corrected chi connectivity index (χ2v) is 4.79. The van der Waals surface area contributed by atoms with Crippen LogP contribution in [0.1, 0.15) is 17.2 Å². The summed E-state index contributed by atoms with van der Waals surface area (Å²) in [5, 5.41) is 3.50. The number of fused-ring (bicyclic) bond motifs is 1. The summed E-state index contributed by atoms with van der Waals surface area (Å²) in [4.78, 5) is 2.35. The van der Waals surface area contributed by atoms with Crippen LogP contribution < -0.4 is 10.2 Å². The van der Waals surface area contributed by atoms with Crippen molar-refractivity contribution in [3.05, 3.63) is 65.7 Å². The van der Waals surface area contributed by atoms with E-state index in [1.165, 1.54) is 16.8 Å². The van der Waals surface area contributed by atoms with Gasteiger partial charge in [-0.15, -0.1) is 0 Å². The SMILES string of the molecule is CN(c1ccccc1)C1CNCc2ccccc21. The highest BCUT2D eigenvalue weighted by Gasteiger charge is 2.23. The molecule has 1 N–H and O–H groups in total. The number of nitrogens with zero attached hydrogens (tertiary/aromatic N) is 1. The molecule has 2 heteroatoms. The second-order valence-electron chi connectivity index (χ2n) is 4.79. The standard InChI is InChI=1S/C16H18N2/c1-18(14-8-3-2-4-9-14)16-12-17-11-13-7-5-6-10-15(13)16/h2-10,16-17H,11-12H2,1H3. The molecule has 1 aliphatic heterocycles. The van der Waals surface area contributed by atoms with Crippen molar-refractivity contribution in [1.82, 2.24) is 5.32 Å². The van der Waals surface area contributed by atoms with Crippen LogP contribution in [0.25, 0.3) is 0 Å². The Hall–Kier alpha value is -1.80. The maximum Gasteiger partial charge on any atom is 0.0666 e. The molecule has 0 amide bonds. The molecule has 0 saturated carbocycles. The quantitative estimate of drug-likeness (QED) is 0.865. The first-order chi connectivity index (χ1) is 8.86. The molecule has 18 heavy (non-hydrogen) atoms. The number of benzene rings is 2. The van der Waals surface area contributed by atoms with Gasteiger partial charge >= 0.3 is 0 Å². The summed E-state index contributed by atoms with van der Waals surface area (Å²) in [5.41, 5.74) is 4.13. The molecule has 0 aromatic heterocycles. The minimum Gasteiger partial charge on any atom is -0.366 e. The summed E-state index contributed by atoms with van der Waals surface area (Å²) >= 11 is 0. The number of nitrogens with one attached hydrogen (secondary N) is 1. The van der Waals surface area contributed by atoms with E-state index in [4.69, 9.17) is 0 Å². The van der Waals surface area contributed by atoms with E-state index in [0.717, 1.165) is 13.1 Å². The molecule has 3 rings (SSSR count). The third-order valence-electron chi connectivity index (χ3n) is 3.70. The fourth-order valence-electron chi connectivity index (χ4n) is 2.66. The van der Waals surface area contributed by atoms with Gasteiger partial charge in [0.05, 0.1) is 6.04 Å². The summed E-state index contributed by atoms with van der Waals surface area (Å²) in [7, 11) is 2.17. The lowest BCUT2D eigenvalue weighted by Gasteiger charge is -2.35. The van der Waals surface area contributed by atoms with Gasteiger partial charge in [0.25, 0.3) is 0 Å². The van der Waals surface area contributed by atoms with Gasteiger partial charge in [0, 0.05) is 25.8 Å². The van der Waals surface area contributed by atoms with E-state index in [0.29, 0.717) is 6.04 Å². The number of anilines is 1. The Morgan fingerprint density at radius 3 is 2.56 bits per heavy atom. The van der Waals surface area contributed by atoms with Gasteiger partial charge in [0.15, 0.2) is 0 Å². The molecular weight excluding hydrogens is 220 g/mol. The van der Waals surface area contributed by atoms with E-state index >= 15 is 0 Å². The van der Waals surface area contributed by atoms with Crippen molar-refractivity contribution in [2.45, 2.75) is 12.6 Å². The number of para-hydroxylation sites is 1. The lowest BCUT2D eigenvalue weighted by Crippen LogP contribution is -2.37. The predicted octanol–water partition coefficient (Wildman–Crippen LogP) is 2.97. The van der Waals surface area contributed by atoms with Gasteiger partial charge in [-0.05, 0) is 23.3 Å². The molecule has 0 aliphatic carbocycles. The normalized spacial score (nSPS) is 18.2. The van der Waals surface area contributed by atoms with E-state index in [1.807, 2.05) is 0 Å². The largest absolute Gasteiger partial charge is 0.366 e. The molecule has 92 valence electrons. The number of hydrogen-bond donors (Lipinski definition) is 1. The molecule has 1 heterocycles. The summed E-state index contributed by atoms with van der Waals surface area (Å²) in [6.45, 7) is 1.98. The Kier molecular flexibility index (Phi) is 3.03. The summed E-state index contributed by atoms with van der Waals surface area (Å²) in [6.07, 6.45) is 0. The molecule has 0 saturated heterocycles. The predicted molar refractivity (Wildman–Crippen MR) is 75.7 cm³/mol. The van der Waals surface area contributed by atoms with Gasteiger partial charge in [-0.3, -0.25) is 0 Å². The summed E-state index contributed by atoms with van der Waals surface area (Å²) in [6, 6.07) is 19.7. The van der Waals surface area contributed by atoms with E-state index in [9.17, 15) is 0 Å². The van der Waals surface area contributed by atoms with Gasteiger partial charge < -0.3 is 10.2 Å². The van der Waals surface area contributed by atoms with Crippen molar-refractivity contribution in [3.8, 4) is 0 Å². The van der Waals surface area contributed by atoms with Gasteiger partial charge in [0.1, 0.15) is 0 Å². The summed E-state index contributed by atoms with van der Waals surface area (Å²) in [5.74, 6) is 0. The zero-order valence-electron chi connectivity index (χ0n) is 10.6. The lowest BCUT2D eigenvalue weighted by atomic mass is 9.95. The Balaban J connectivity index is 1.94. The van der Waals surface area contributed by atoms with Crippen molar-refractivity contribution in [2.24, 2.45) is 0 Å². The molecule has 0 fully saturated rings. The minimum atomic E-state index is 0.414. The van der Waals surface area contributed by atoms with Crippen LogP contribution in [0.5, 0.6) is 0 Å². The molecule has 2 aromatic rings. The highest BCUT2D eigenvalue weighted by Crippen LogP contribution is 2.29. The van der Waals surface area contributed by atoms with Gasteiger partial charge in [0.2, 0.25) is 0 Å². The molecule has 0 bridgehead atoms. The van der Waals surface area contributed by atoms with Crippen molar-refractivity contribution >= 4 is 5.69 Å². The zero-order valence-corrected chi connectivity index (χ0v) is 10.6. The van der Waals surface area contributed by atoms with E-state index in [-0.39, 0.29) is 0 Å². The molecule has 1 unspecified atom stereocenters. The summed E-state index contributed by atoms with van der Waals surface area (Å²) < 4.78 is 0. The van der Waals surface area contributed by atoms with Crippen molar-refractivity contribution < 1.29 is 0 Å². The van der Waals surface area contributed by atoms with Crippen LogP contribution in [0.15, 0.2) is 54.6 Å². The highest BCUT2D eigenvalue weighted by atomic mass is 15.2. The van der Waals surface area contributed by atoms with Crippen molar-refractivity contribution in [3.63, 3.8) is 0 Å². The van der Waals surface area contributed by atoms with Crippen LogP contribution in [0.4, 0.5) is 5.69 Å². The number of hydrogen-bond acceptors (Lipinski definition) is 2. The van der Waals surface area contributed by atoms with Crippen LogP contribution >= 0.6 is 0 Å². The first kappa shape index (κ1) is 11.3. The van der Waals surface area contributed by atoms with E-state index < -0.39 is 0 Å². The maximum atomic E-state index is 3.50. The van der Waals surface area contributed by atoms with Gasteiger partial charge in [-0.1, -0.05) is 42.5 Å². The van der Waals surface area contributed by atoms with Crippen LogP contribution in [-0.4, -0.2) is 13.6 Å². The topological polar surface area (TPSA) is 15.3 Å². The second kappa shape index (κ2) is 4.83. The Morgan fingerprint density at radius 2 is 1.72 bits per heavy atom. The third-order valence-corrected chi connectivity index (χ3v) is 3.70. The van der Waals surface area contributed by atoms with E-state index in [1.54, 1.807) is 0 Å². The first-order valence-electron chi connectivity index (χ1n) is 6.42. The number of rotatable bonds is 2. The highest BCUT2D eigenvalue weighted by molar-refractivity contribution is 5.49. The molecule has 1 aliphatic rings. The Bertz CT molecular complexity index is 522.